The van der Waals surface area contributed by atoms with Gasteiger partial charge < -0.3 is 10.6 Å². The maximum atomic E-state index is 3.80. The van der Waals surface area contributed by atoms with E-state index < -0.39 is 0 Å². The molecule has 2 aliphatic rings. The molecule has 3 unspecified atom stereocenters. The number of aryl methyl sites for hydroxylation is 1. The van der Waals surface area contributed by atoms with E-state index in [1.807, 2.05) is 0 Å². The fraction of sp³-hybridized carbons (Fsp3) is 0.625. The van der Waals surface area contributed by atoms with E-state index in [2.05, 4.69) is 61.5 Å². The molecule has 3 rings (SSSR count). The molecule has 20 heavy (non-hydrogen) atoms. The standard InChI is InChI=1S/C16H22Br2N2/c1-10-8-12(17)16(13(18)9-10)20-15-5-2-4-11(15)14-6-3-7-19-14/h8-9,11,14-15,19-20H,2-7H2,1H3. The first-order valence-corrected chi connectivity index (χ1v) is 9.19. The summed E-state index contributed by atoms with van der Waals surface area (Å²) in [5.41, 5.74) is 2.49. The van der Waals surface area contributed by atoms with E-state index in [0.717, 1.165) is 20.9 Å². The minimum atomic E-state index is 0.598. The Kier molecular flexibility index (Phi) is 4.73. The zero-order valence-electron chi connectivity index (χ0n) is 11.9. The number of rotatable bonds is 3. The molecule has 0 spiro atoms. The first kappa shape index (κ1) is 14.9. The van der Waals surface area contributed by atoms with Gasteiger partial charge >= 0.3 is 0 Å². The SMILES string of the molecule is Cc1cc(Br)c(NC2CCCC2C2CCCN2)c(Br)c1. The van der Waals surface area contributed by atoms with Gasteiger partial charge in [-0.1, -0.05) is 6.42 Å². The Morgan fingerprint density at radius 3 is 2.50 bits per heavy atom. The van der Waals surface area contributed by atoms with E-state index in [-0.39, 0.29) is 0 Å². The van der Waals surface area contributed by atoms with E-state index >= 15 is 0 Å². The molecule has 1 aromatic rings. The second kappa shape index (κ2) is 6.37. The van der Waals surface area contributed by atoms with Crippen LogP contribution < -0.4 is 10.6 Å². The average Bonchev–Trinajstić information content (AvgIpc) is 3.04. The minimum Gasteiger partial charge on any atom is -0.380 e. The summed E-state index contributed by atoms with van der Waals surface area (Å²) >= 11 is 7.40. The van der Waals surface area contributed by atoms with Crippen molar-refractivity contribution in [2.75, 3.05) is 11.9 Å². The number of hydrogen-bond acceptors (Lipinski definition) is 2. The highest BCUT2D eigenvalue weighted by atomic mass is 79.9. The van der Waals surface area contributed by atoms with Gasteiger partial charge in [0.2, 0.25) is 0 Å². The van der Waals surface area contributed by atoms with Crippen LogP contribution in [0.4, 0.5) is 5.69 Å². The third kappa shape index (κ3) is 3.07. The average molecular weight is 402 g/mol. The molecule has 2 N–H and O–H groups in total. The van der Waals surface area contributed by atoms with Crippen LogP contribution in [0.2, 0.25) is 0 Å². The largest absolute Gasteiger partial charge is 0.380 e. The third-order valence-electron chi connectivity index (χ3n) is 4.70. The highest BCUT2D eigenvalue weighted by Gasteiger charge is 2.35. The Bertz CT molecular complexity index is 460. The lowest BCUT2D eigenvalue weighted by Crippen LogP contribution is -2.38. The van der Waals surface area contributed by atoms with E-state index in [4.69, 9.17) is 0 Å². The second-order valence-corrected chi connectivity index (χ2v) is 7.86. The minimum absolute atomic E-state index is 0.598. The van der Waals surface area contributed by atoms with Crippen LogP contribution >= 0.6 is 31.9 Å². The van der Waals surface area contributed by atoms with Crippen LogP contribution in [0.15, 0.2) is 21.1 Å². The zero-order valence-corrected chi connectivity index (χ0v) is 15.1. The normalized spacial score (nSPS) is 29.9. The lowest BCUT2D eigenvalue weighted by atomic mass is 9.93. The summed E-state index contributed by atoms with van der Waals surface area (Å²) in [4.78, 5) is 0. The third-order valence-corrected chi connectivity index (χ3v) is 5.95. The fourth-order valence-corrected chi connectivity index (χ4v) is 5.39. The van der Waals surface area contributed by atoms with Gasteiger partial charge in [0.15, 0.2) is 0 Å². The quantitative estimate of drug-likeness (QED) is 0.756. The summed E-state index contributed by atoms with van der Waals surface area (Å²) in [6, 6.07) is 5.69. The van der Waals surface area contributed by atoms with Gasteiger partial charge in [0.05, 0.1) is 5.69 Å². The lowest BCUT2D eigenvalue weighted by molar-refractivity contribution is 0.376. The molecular formula is C16H22Br2N2. The van der Waals surface area contributed by atoms with E-state index in [1.165, 1.54) is 49.9 Å². The Balaban J connectivity index is 1.76. The molecule has 0 radical (unpaired) electrons. The van der Waals surface area contributed by atoms with E-state index in [9.17, 15) is 0 Å². The van der Waals surface area contributed by atoms with Gasteiger partial charge in [0, 0.05) is 21.0 Å². The summed E-state index contributed by atoms with van der Waals surface area (Å²) in [6.45, 7) is 3.33. The van der Waals surface area contributed by atoms with Crippen LogP contribution in [-0.2, 0) is 0 Å². The van der Waals surface area contributed by atoms with Crippen molar-refractivity contribution < 1.29 is 0 Å². The van der Waals surface area contributed by atoms with Crippen LogP contribution in [0.3, 0.4) is 0 Å². The molecule has 1 aliphatic carbocycles. The van der Waals surface area contributed by atoms with E-state index in [1.54, 1.807) is 0 Å². The molecule has 2 nitrogen and oxygen atoms in total. The molecule has 1 saturated carbocycles. The van der Waals surface area contributed by atoms with Crippen molar-refractivity contribution in [1.82, 2.24) is 5.32 Å². The molecule has 1 saturated heterocycles. The number of hydrogen-bond donors (Lipinski definition) is 2. The van der Waals surface area contributed by atoms with Gasteiger partial charge in [-0.05, 0) is 94.6 Å². The van der Waals surface area contributed by atoms with Crippen molar-refractivity contribution in [2.24, 2.45) is 5.92 Å². The predicted octanol–water partition coefficient (Wildman–Crippen LogP) is 4.85. The molecule has 2 fully saturated rings. The van der Waals surface area contributed by atoms with Crippen molar-refractivity contribution in [3.63, 3.8) is 0 Å². The molecule has 4 heteroatoms. The van der Waals surface area contributed by atoms with Gasteiger partial charge in [0.1, 0.15) is 0 Å². The first-order valence-electron chi connectivity index (χ1n) is 7.60. The van der Waals surface area contributed by atoms with Gasteiger partial charge in [-0.3, -0.25) is 0 Å². The lowest BCUT2D eigenvalue weighted by Gasteiger charge is -2.28. The topological polar surface area (TPSA) is 24.1 Å². The smallest absolute Gasteiger partial charge is 0.0631 e. The van der Waals surface area contributed by atoms with E-state index in [0.29, 0.717) is 6.04 Å². The van der Waals surface area contributed by atoms with Crippen molar-refractivity contribution in [3.8, 4) is 0 Å². The fourth-order valence-electron chi connectivity index (χ4n) is 3.75. The molecule has 0 amide bonds. The number of halogens is 2. The van der Waals surface area contributed by atoms with Crippen molar-refractivity contribution in [2.45, 2.75) is 51.1 Å². The monoisotopic (exact) mass is 400 g/mol. The maximum Gasteiger partial charge on any atom is 0.0631 e. The summed E-state index contributed by atoms with van der Waals surface area (Å²) < 4.78 is 2.32. The molecule has 1 aromatic carbocycles. The van der Waals surface area contributed by atoms with Gasteiger partial charge in [-0.2, -0.15) is 0 Å². The first-order chi connectivity index (χ1) is 9.65. The van der Waals surface area contributed by atoms with Gasteiger partial charge in [-0.25, -0.2) is 0 Å². The highest BCUT2D eigenvalue weighted by Crippen LogP contribution is 2.38. The van der Waals surface area contributed by atoms with Gasteiger partial charge in [0.25, 0.3) is 0 Å². The van der Waals surface area contributed by atoms with Crippen LogP contribution in [0.1, 0.15) is 37.7 Å². The summed E-state index contributed by atoms with van der Waals surface area (Å²) in [5.74, 6) is 0.776. The summed E-state index contributed by atoms with van der Waals surface area (Å²) in [5, 5.41) is 7.49. The predicted molar refractivity (Wildman–Crippen MR) is 92.4 cm³/mol. The molecular weight excluding hydrogens is 380 g/mol. The van der Waals surface area contributed by atoms with Crippen molar-refractivity contribution >= 4 is 37.5 Å². The zero-order chi connectivity index (χ0) is 14.1. The molecule has 0 bridgehead atoms. The molecule has 0 aromatic heterocycles. The maximum absolute atomic E-state index is 3.80. The van der Waals surface area contributed by atoms with Crippen LogP contribution in [0.25, 0.3) is 0 Å². The Labute approximate surface area is 138 Å². The molecule has 3 atom stereocenters. The van der Waals surface area contributed by atoms with Crippen molar-refractivity contribution in [1.29, 1.82) is 0 Å². The van der Waals surface area contributed by atoms with Gasteiger partial charge in [-0.15, -0.1) is 0 Å². The second-order valence-electron chi connectivity index (χ2n) is 6.15. The number of anilines is 1. The molecule has 1 aliphatic heterocycles. The van der Waals surface area contributed by atoms with Crippen LogP contribution in [0, 0.1) is 12.8 Å². The Morgan fingerprint density at radius 2 is 1.85 bits per heavy atom. The van der Waals surface area contributed by atoms with Crippen LogP contribution in [-0.4, -0.2) is 18.6 Å². The van der Waals surface area contributed by atoms with Crippen LogP contribution in [0.5, 0.6) is 0 Å². The van der Waals surface area contributed by atoms with Crippen molar-refractivity contribution in [3.05, 3.63) is 26.6 Å². The number of nitrogens with one attached hydrogen (secondary N) is 2. The summed E-state index contributed by atoms with van der Waals surface area (Å²) in [6.07, 6.45) is 6.68. The molecule has 1 heterocycles. The number of benzene rings is 1. The summed E-state index contributed by atoms with van der Waals surface area (Å²) in [7, 11) is 0. The highest BCUT2D eigenvalue weighted by molar-refractivity contribution is 9.11. The molecule has 110 valence electrons. The Hall–Kier alpha value is -0.0600. The Morgan fingerprint density at radius 1 is 1.10 bits per heavy atom.